The predicted octanol–water partition coefficient (Wildman–Crippen LogP) is 5.94. The molecule has 0 amide bonds. The van der Waals surface area contributed by atoms with E-state index in [1.807, 2.05) is 0 Å². The first kappa shape index (κ1) is 19.7. The summed E-state index contributed by atoms with van der Waals surface area (Å²) < 4.78 is 31.9. The van der Waals surface area contributed by atoms with Gasteiger partial charge in [-0.05, 0) is 24.3 Å². The Morgan fingerprint density at radius 2 is 1.55 bits per heavy atom. The molecule has 29 heavy (non-hydrogen) atoms. The lowest BCUT2D eigenvalue weighted by molar-refractivity contribution is 0.101. The predicted molar refractivity (Wildman–Crippen MR) is 113 cm³/mol. The van der Waals surface area contributed by atoms with Crippen LogP contribution in [0.4, 0.5) is 0 Å². The fourth-order valence-corrected chi connectivity index (χ4v) is 4.86. The highest BCUT2D eigenvalue weighted by atomic mass is 35.5. The number of rotatable bonds is 5. The minimum atomic E-state index is -3.81. The van der Waals surface area contributed by atoms with Crippen LogP contribution in [0.2, 0.25) is 10.0 Å². The number of benzene rings is 3. The number of halogens is 2. The molecule has 4 nitrogen and oxygen atoms in total. The second kappa shape index (κ2) is 7.67. The highest BCUT2D eigenvalue weighted by molar-refractivity contribution is 7.90. The maximum atomic E-state index is 13.1. The SMILES string of the molecule is O=C(c1ccccc1)c1oc2ccccc2c1CS(=O)(=O)c1ccc(Cl)c(Cl)c1. The van der Waals surface area contributed by atoms with E-state index in [0.29, 0.717) is 22.1 Å². The molecule has 0 N–H and O–H groups in total. The Hall–Kier alpha value is -2.60. The molecule has 0 aliphatic carbocycles. The zero-order chi connectivity index (χ0) is 20.6. The van der Waals surface area contributed by atoms with Crippen LogP contribution in [0.3, 0.4) is 0 Å². The summed E-state index contributed by atoms with van der Waals surface area (Å²) in [5.74, 6) is -0.766. The van der Waals surface area contributed by atoms with Crippen LogP contribution in [0.1, 0.15) is 21.7 Å². The Bertz CT molecular complexity index is 1330. The van der Waals surface area contributed by atoms with Crippen molar-refractivity contribution in [3.05, 3.63) is 99.7 Å². The molecule has 0 radical (unpaired) electrons. The molecule has 0 spiro atoms. The van der Waals surface area contributed by atoms with Gasteiger partial charge in [-0.25, -0.2) is 8.42 Å². The normalized spacial score (nSPS) is 11.7. The van der Waals surface area contributed by atoms with Gasteiger partial charge in [0.05, 0.1) is 20.7 Å². The molecule has 0 bridgehead atoms. The number of carbonyl (C=O) groups is 1. The maximum absolute atomic E-state index is 13.1. The first-order valence-electron chi connectivity index (χ1n) is 8.65. The average Bonchev–Trinajstić information content (AvgIpc) is 3.08. The zero-order valence-corrected chi connectivity index (χ0v) is 17.3. The van der Waals surface area contributed by atoms with Gasteiger partial charge >= 0.3 is 0 Å². The third kappa shape index (κ3) is 3.81. The summed E-state index contributed by atoms with van der Waals surface area (Å²) in [4.78, 5) is 13.1. The zero-order valence-electron chi connectivity index (χ0n) is 14.9. The lowest BCUT2D eigenvalue weighted by atomic mass is 10.0. The van der Waals surface area contributed by atoms with E-state index in [4.69, 9.17) is 27.6 Å². The average molecular weight is 445 g/mol. The molecule has 7 heteroatoms. The molecule has 0 saturated carbocycles. The summed E-state index contributed by atoms with van der Waals surface area (Å²) in [7, 11) is -3.81. The van der Waals surface area contributed by atoms with Crippen LogP contribution in [0.25, 0.3) is 11.0 Å². The van der Waals surface area contributed by atoms with Gasteiger partial charge in [-0.1, -0.05) is 71.7 Å². The third-order valence-corrected chi connectivity index (χ3v) is 6.90. The van der Waals surface area contributed by atoms with E-state index in [1.165, 1.54) is 18.2 Å². The van der Waals surface area contributed by atoms with Gasteiger partial charge in [0.1, 0.15) is 5.58 Å². The Labute approximate surface area is 177 Å². The van der Waals surface area contributed by atoms with Gasteiger partial charge in [-0.2, -0.15) is 0 Å². The molecular formula is C22H14Cl2O4S. The Morgan fingerprint density at radius 3 is 2.28 bits per heavy atom. The second-order valence-corrected chi connectivity index (χ2v) is 9.24. The van der Waals surface area contributed by atoms with Crippen LogP contribution < -0.4 is 0 Å². The minimum Gasteiger partial charge on any atom is -0.452 e. The number of hydrogen-bond acceptors (Lipinski definition) is 4. The number of ketones is 1. The molecule has 4 rings (SSSR count). The molecule has 1 heterocycles. The van der Waals surface area contributed by atoms with E-state index in [1.54, 1.807) is 54.6 Å². The fraction of sp³-hybridized carbons (Fsp3) is 0.0455. The number of furan rings is 1. The van der Waals surface area contributed by atoms with Gasteiger partial charge in [0.25, 0.3) is 0 Å². The van der Waals surface area contributed by atoms with E-state index in [-0.39, 0.29) is 26.5 Å². The lowest BCUT2D eigenvalue weighted by Gasteiger charge is -2.07. The summed E-state index contributed by atoms with van der Waals surface area (Å²) in [5, 5.41) is 0.986. The molecular weight excluding hydrogens is 431 g/mol. The van der Waals surface area contributed by atoms with Crippen LogP contribution in [0, 0.1) is 0 Å². The monoisotopic (exact) mass is 444 g/mol. The van der Waals surface area contributed by atoms with E-state index < -0.39 is 15.6 Å². The van der Waals surface area contributed by atoms with Crippen molar-refractivity contribution in [3.63, 3.8) is 0 Å². The van der Waals surface area contributed by atoms with E-state index >= 15 is 0 Å². The number of carbonyl (C=O) groups excluding carboxylic acids is 1. The number of fused-ring (bicyclic) bond motifs is 1. The van der Waals surface area contributed by atoms with Gasteiger partial charge in [0.2, 0.25) is 5.78 Å². The number of hydrogen-bond donors (Lipinski definition) is 0. The summed E-state index contributed by atoms with van der Waals surface area (Å²) in [5.41, 5.74) is 1.19. The molecule has 4 aromatic rings. The topological polar surface area (TPSA) is 64.3 Å². The quantitative estimate of drug-likeness (QED) is 0.357. The molecule has 0 fully saturated rings. The van der Waals surface area contributed by atoms with Crippen molar-refractivity contribution in [2.45, 2.75) is 10.6 Å². The molecule has 0 atom stereocenters. The highest BCUT2D eigenvalue weighted by Crippen LogP contribution is 2.32. The van der Waals surface area contributed by atoms with Crippen LogP contribution in [-0.2, 0) is 15.6 Å². The molecule has 0 aliphatic rings. The van der Waals surface area contributed by atoms with Gasteiger partial charge in [0.15, 0.2) is 15.6 Å². The summed E-state index contributed by atoms with van der Waals surface area (Å²) in [6.45, 7) is 0. The van der Waals surface area contributed by atoms with Crippen molar-refractivity contribution in [1.29, 1.82) is 0 Å². The molecule has 0 aliphatic heterocycles. The van der Waals surface area contributed by atoms with Crippen LogP contribution in [0.15, 0.2) is 82.1 Å². The van der Waals surface area contributed by atoms with Crippen molar-refractivity contribution in [1.82, 2.24) is 0 Å². The summed E-state index contributed by atoms with van der Waals surface area (Å²) in [6.07, 6.45) is 0. The third-order valence-electron chi connectivity index (χ3n) is 4.53. The van der Waals surface area contributed by atoms with Crippen LogP contribution in [0.5, 0.6) is 0 Å². The Morgan fingerprint density at radius 1 is 0.862 bits per heavy atom. The molecule has 1 aromatic heterocycles. The Kier molecular flexibility index (Phi) is 5.21. The molecule has 146 valence electrons. The number of sulfone groups is 1. The van der Waals surface area contributed by atoms with Crippen molar-refractivity contribution >= 4 is 49.8 Å². The van der Waals surface area contributed by atoms with Gasteiger partial charge in [0, 0.05) is 16.5 Å². The van der Waals surface area contributed by atoms with Crippen LogP contribution >= 0.6 is 23.2 Å². The second-order valence-electron chi connectivity index (χ2n) is 6.44. The van der Waals surface area contributed by atoms with Gasteiger partial charge < -0.3 is 4.42 Å². The summed E-state index contributed by atoms with van der Waals surface area (Å²) >= 11 is 11.9. The Balaban J connectivity index is 1.84. The van der Waals surface area contributed by atoms with Crippen molar-refractivity contribution < 1.29 is 17.6 Å². The summed E-state index contributed by atoms with van der Waals surface area (Å²) in [6, 6.07) is 19.7. The lowest BCUT2D eigenvalue weighted by Crippen LogP contribution is -2.09. The maximum Gasteiger partial charge on any atom is 0.228 e. The van der Waals surface area contributed by atoms with E-state index in [9.17, 15) is 13.2 Å². The van der Waals surface area contributed by atoms with Crippen molar-refractivity contribution in [3.8, 4) is 0 Å². The fourth-order valence-electron chi connectivity index (χ4n) is 3.09. The van der Waals surface area contributed by atoms with Crippen LogP contribution in [-0.4, -0.2) is 14.2 Å². The van der Waals surface area contributed by atoms with Gasteiger partial charge in [-0.3, -0.25) is 4.79 Å². The first-order valence-corrected chi connectivity index (χ1v) is 11.1. The molecule has 0 unspecified atom stereocenters. The minimum absolute atomic E-state index is 0.0148. The highest BCUT2D eigenvalue weighted by Gasteiger charge is 2.27. The van der Waals surface area contributed by atoms with Crippen molar-refractivity contribution in [2.24, 2.45) is 0 Å². The molecule has 3 aromatic carbocycles. The first-order chi connectivity index (χ1) is 13.9. The largest absolute Gasteiger partial charge is 0.452 e. The molecule has 0 saturated heterocycles. The van der Waals surface area contributed by atoms with E-state index in [0.717, 1.165) is 0 Å². The van der Waals surface area contributed by atoms with Gasteiger partial charge in [-0.15, -0.1) is 0 Å². The number of para-hydroxylation sites is 1. The van der Waals surface area contributed by atoms with E-state index in [2.05, 4.69) is 0 Å². The standard InChI is InChI=1S/C22H14Cl2O4S/c23-18-11-10-15(12-19(18)24)29(26,27)13-17-16-8-4-5-9-20(16)28-22(17)21(25)14-6-2-1-3-7-14/h1-12H,13H2. The van der Waals surface area contributed by atoms with Crippen molar-refractivity contribution in [2.75, 3.05) is 0 Å². The smallest absolute Gasteiger partial charge is 0.228 e.